The van der Waals surface area contributed by atoms with E-state index in [2.05, 4.69) is 11.4 Å². The van der Waals surface area contributed by atoms with Crippen LogP contribution in [-0.4, -0.2) is 34.8 Å². The van der Waals surface area contributed by atoms with Gasteiger partial charge in [0.05, 0.1) is 44.3 Å². The van der Waals surface area contributed by atoms with Gasteiger partial charge in [-0.25, -0.2) is 8.42 Å². The van der Waals surface area contributed by atoms with E-state index < -0.39 is 10.0 Å². The van der Waals surface area contributed by atoms with Gasteiger partial charge in [0.2, 0.25) is 10.0 Å². The Hall–Kier alpha value is -3.52. The molecule has 0 saturated heterocycles. The van der Waals surface area contributed by atoms with Crippen LogP contribution in [0.5, 0.6) is 11.5 Å². The molecule has 4 rings (SSSR count). The molecule has 0 aliphatic heterocycles. The molecule has 0 unspecified atom stereocenters. The third kappa shape index (κ3) is 5.43. The van der Waals surface area contributed by atoms with E-state index in [1.54, 1.807) is 12.1 Å². The minimum absolute atomic E-state index is 0.0711. The summed E-state index contributed by atoms with van der Waals surface area (Å²) in [6, 6.07) is 20.3. The second-order valence-corrected chi connectivity index (χ2v) is 10.5. The zero-order valence-corrected chi connectivity index (χ0v) is 21.0. The van der Waals surface area contributed by atoms with E-state index >= 15 is 0 Å². The largest absolute Gasteiger partial charge is 0.493 e. The van der Waals surface area contributed by atoms with Gasteiger partial charge in [-0.1, -0.05) is 54.6 Å². The molecule has 1 aliphatic rings. The third-order valence-corrected chi connectivity index (χ3v) is 7.39. The number of benzene rings is 3. The molecule has 1 atom stereocenters. The number of fused-ring (bicyclic) bond motifs is 1. The summed E-state index contributed by atoms with van der Waals surface area (Å²) < 4.78 is 38.0. The van der Waals surface area contributed by atoms with Crippen molar-refractivity contribution in [2.45, 2.75) is 31.8 Å². The van der Waals surface area contributed by atoms with Gasteiger partial charge in [0.25, 0.3) is 5.91 Å². The summed E-state index contributed by atoms with van der Waals surface area (Å²) in [5.41, 5.74) is 3.54. The summed E-state index contributed by atoms with van der Waals surface area (Å²) in [6.45, 7) is 0.0711. The Kier molecular flexibility index (Phi) is 7.31. The number of sulfonamides is 1. The van der Waals surface area contributed by atoms with Crippen LogP contribution in [-0.2, 0) is 23.0 Å². The molecule has 7 nitrogen and oxygen atoms in total. The Morgan fingerprint density at radius 1 is 1.00 bits per heavy atom. The summed E-state index contributed by atoms with van der Waals surface area (Å²) in [7, 11) is -0.786. The number of carbonyl (C=O) groups is 1. The highest BCUT2D eigenvalue weighted by Gasteiger charge is 2.29. The van der Waals surface area contributed by atoms with Crippen molar-refractivity contribution in [2.75, 3.05) is 24.8 Å². The highest BCUT2D eigenvalue weighted by molar-refractivity contribution is 7.92. The van der Waals surface area contributed by atoms with Crippen LogP contribution < -0.4 is 19.1 Å². The van der Waals surface area contributed by atoms with Gasteiger partial charge < -0.3 is 14.8 Å². The number of anilines is 1. The first-order valence-electron chi connectivity index (χ1n) is 11.5. The number of methoxy groups -OCH3 is 2. The second-order valence-electron chi connectivity index (χ2n) is 8.60. The fourth-order valence-corrected chi connectivity index (χ4v) is 5.42. The summed E-state index contributed by atoms with van der Waals surface area (Å²) in [4.78, 5) is 13.7. The van der Waals surface area contributed by atoms with Gasteiger partial charge >= 0.3 is 0 Å². The number of nitrogens with one attached hydrogen (secondary N) is 1. The number of carbonyl (C=O) groups excluding carboxylic acids is 1. The van der Waals surface area contributed by atoms with Crippen LogP contribution in [0.3, 0.4) is 0 Å². The molecule has 3 aromatic carbocycles. The topological polar surface area (TPSA) is 84.9 Å². The summed E-state index contributed by atoms with van der Waals surface area (Å²) in [6.07, 6.45) is 3.88. The predicted molar refractivity (Wildman–Crippen MR) is 137 cm³/mol. The van der Waals surface area contributed by atoms with Crippen LogP contribution in [0, 0.1) is 0 Å². The zero-order chi connectivity index (χ0) is 25.0. The van der Waals surface area contributed by atoms with Gasteiger partial charge in [-0.05, 0) is 42.0 Å². The molecule has 0 aromatic heterocycles. The molecule has 1 aliphatic carbocycles. The molecule has 0 saturated carbocycles. The molecule has 0 bridgehead atoms. The van der Waals surface area contributed by atoms with E-state index in [0.29, 0.717) is 11.5 Å². The monoisotopic (exact) mass is 494 g/mol. The molecular formula is C27H30N2O5S. The maximum absolute atomic E-state index is 13.7. The Morgan fingerprint density at radius 2 is 1.66 bits per heavy atom. The van der Waals surface area contributed by atoms with Crippen molar-refractivity contribution in [3.8, 4) is 11.5 Å². The summed E-state index contributed by atoms with van der Waals surface area (Å²) >= 11 is 0. The van der Waals surface area contributed by atoms with Crippen LogP contribution in [0.15, 0.2) is 66.7 Å². The zero-order valence-electron chi connectivity index (χ0n) is 20.2. The standard InChI is InChI=1S/C27H30N2O5S/c1-33-25-16-22(27(30)28-23-15-9-13-20-12-7-8-14-21(20)23)24(17-26(25)34-2)29(35(3,31)32)18-19-10-5-4-6-11-19/h4-8,10-12,14,16-17,23H,9,13,15,18H2,1-3H3,(H,28,30)/t23-/m1/s1. The number of hydrogen-bond acceptors (Lipinski definition) is 5. The van der Waals surface area contributed by atoms with E-state index in [1.165, 1.54) is 24.1 Å². The van der Waals surface area contributed by atoms with Crippen LogP contribution >= 0.6 is 0 Å². The smallest absolute Gasteiger partial charge is 0.254 e. The first-order chi connectivity index (χ1) is 16.8. The van der Waals surface area contributed by atoms with Gasteiger partial charge in [-0.2, -0.15) is 0 Å². The SMILES string of the molecule is COc1cc(C(=O)N[C@@H]2CCCc3ccccc32)c(N(Cc2ccccc2)S(C)(=O)=O)cc1OC. The minimum atomic E-state index is -3.74. The molecule has 1 N–H and O–H groups in total. The molecular weight excluding hydrogens is 464 g/mol. The molecule has 184 valence electrons. The van der Waals surface area contributed by atoms with Gasteiger partial charge in [-0.15, -0.1) is 0 Å². The third-order valence-electron chi connectivity index (χ3n) is 6.26. The van der Waals surface area contributed by atoms with Crippen molar-refractivity contribution in [1.29, 1.82) is 0 Å². The average Bonchev–Trinajstić information content (AvgIpc) is 2.86. The highest BCUT2D eigenvalue weighted by atomic mass is 32.2. The first-order valence-corrected chi connectivity index (χ1v) is 13.3. The summed E-state index contributed by atoms with van der Waals surface area (Å²) in [5, 5.41) is 3.13. The normalized spacial score (nSPS) is 15.1. The number of amides is 1. The summed E-state index contributed by atoms with van der Waals surface area (Å²) in [5.74, 6) is 0.312. The van der Waals surface area contributed by atoms with Gasteiger partial charge in [-0.3, -0.25) is 9.10 Å². The fourth-order valence-electron chi connectivity index (χ4n) is 4.53. The Balaban J connectivity index is 1.78. The quantitative estimate of drug-likeness (QED) is 0.499. The molecule has 0 radical (unpaired) electrons. The number of ether oxygens (including phenoxy) is 2. The Morgan fingerprint density at radius 3 is 2.34 bits per heavy atom. The van der Waals surface area contributed by atoms with Crippen molar-refractivity contribution in [1.82, 2.24) is 5.32 Å². The van der Waals surface area contributed by atoms with E-state index in [0.717, 1.165) is 36.6 Å². The lowest BCUT2D eigenvalue weighted by atomic mass is 9.87. The Bertz CT molecular complexity index is 1310. The van der Waals surface area contributed by atoms with Gasteiger partial charge in [0.15, 0.2) is 11.5 Å². The van der Waals surface area contributed by atoms with Crippen LogP contribution in [0.4, 0.5) is 5.69 Å². The maximum atomic E-state index is 13.7. The molecule has 0 fully saturated rings. The lowest BCUT2D eigenvalue weighted by Crippen LogP contribution is -2.35. The number of aryl methyl sites for hydroxylation is 1. The Labute approximate surface area is 206 Å². The molecule has 35 heavy (non-hydrogen) atoms. The highest BCUT2D eigenvalue weighted by Crippen LogP contribution is 2.38. The molecule has 3 aromatic rings. The molecule has 1 amide bonds. The van der Waals surface area contributed by atoms with E-state index in [-0.39, 0.29) is 29.7 Å². The van der Waals surface area contributed by atoms with Crippen molar-refractivity contribution < 1.29 is 22.7 Å². The van der Waals surface area contributed by atoms with Gasteiger partial charge in [0, 0.05) is 6.07 Å². The van der Waals surface area contributed by atoms with Crippen LogP contribution in [0.2, 0.25) is 0 Å². The van der Waals surface area contributed by atoms with E-state index in [4.69, 9.17) is 9.47 Å². The fraction of sp³-hybridized carbons (Fsp3) is 0.296. The average molecular weight is 495 g/mol. The molecule has 8 heteroatoms. The number of hydrogen-bond donors (Lipinski definition) is 1. The minimum Gasteiger partial charge on any atom is -0.493 e. The van der Waals surface area contributed by atoms with Crippen molar-refractivity contribution in [3.63, 3.8) is 0 Å². The van der Waals surface area contributed by atoms with Crippen LogP contribution in [0.25, 0.3) is 0 Å². The lowest BCUT2D eigenvalue weighted by Gasteiger charge is -2.29. The maximum Gasteiger partial charge on any atom is 0.254 e. The number of nitrogens with zero attached hydrogens (tertiary/aromatic N) is 1. The molecule has 0 spiro atoms. The van der Waals surface area contributed by atoms with E-state index in [1.807, 2.05) is 48.5 Å². The predicted octanol–water partition coefficient (Wildman–Crippen LogP) is 4.48. The first kappa shape index (κ1) is 24.6. The van der Waals surface area contributed by atoms with Crippen molar-refractivity contribution >= 4 is 21.6 Å². The van der Waals surface area contributed by atoms with Crippen LogP contribution in [0.1, 0.15) is 45.9 Å². The second kappa shape index (κ2) is 10.4. The van der Waals surface area contributed by atoms with Gasteiger partial charge in [0.1, 0.15) is 0 Å². The lowest BCUT2D eigenvalue weighted by molar-refractivity contribution is 0.0933. The number of rotatable bonds is 8. The van der Waals surface area contributed by atoms with E-state index in [9.17, 15) is 13.2 Å². The van der Waals surface area contributed by atoms with Crippen molar-refractivity contribution in [3.05, 3.63) is 89.0 Å². The van der Waals surface area contributed by atoms with Crippen molar-refractivity contribution in [2.24, 2.45) is 0 Å². The molecule has 0 heterocycles.